The van der Waals surface area contributed by atoms with Crippen LogP contribution in [0.2, 0.25) is 0 Å². The zero-order chi connectivity index (χ0) is 36.3. The third-order valence-corrected chi connectivity index (χ3v) is 10.7. The van der Waals surface area contributed by atoms with Crippen LogP contribution in [0, 0.1) is 0 Å². The van der Waals surface area contributed by atoms with E-state index >= 15 is 0 Å². The molecule has 11 aromatic rings. The molecule has 2 heterocycles. The van der Waals surface area contributed by atoms with Crippen molar-refractivity contribution in [3.63, 3.8) is 0 Å². The Hall–Kier alpha value is -7.43. The number of hydrogen-bond acceptors (Lipinski definition) is 4. The lowest BCUT2D eigenvalue weighted by Gasteiger charge is -2.26. The van der Waals surface area contributed by atoms with E-state index in [1.807, 2.05) is 36.4 Å². The summed E-state index contributed by atoms with van der Waals surface area (Å²) >= 11 is 0. The molecule has 0 atom stereocenters. The number of hydrogen-bond donors (Lipinski definition) is 0. The predicted octanol–water partition coefficient (Wildman–Crippen LogP) is 14.5. The highest BCUT2D eigenvalue weighted by atomic mass is 16.4. The molecule has 0 fully saturated rings. The first-order valence-corrected chi connectivity index (χ1v) is 18.5. The molecule has 0 aliphatic carbocycles. The number of nitrogens with zero attached hydrogens (tertiary/aromatic N) is 2. The number of rotatable bonds is 6. The second-order valence-electron chi connectivity index (χ2n) is 14.0. The molecule has 4 heteroatoms. The third kappa shape index (κ3) is 5.43. The molecule has 0 saturated heterocycles. The van der Waals surface area contributed by atoms with E-state index in [1.165, 1.54) is 43.8 Å². The summed E-state index contributed by atoms with van der Waals surface area (Å²) in [7, 11) is 0. The number of furan rings is 1. The first kappa shape index (κ1) is 31.1. The summed E-state index contributed by atoms with van der Waals surface area (Å²) in [6.45, 7) is 0. The maximum atomic E-state index is 6.41. The van der Waals surface area contributed by atoms with E-state index in [-0.39, 0.29) is 0 Å². The lowest BCUT2D eigenvalue weighted by atomic mass is 9.98. The zero-order valence-electron chi connectivity index (χ0n) is 29.7. The minimum absolute atomic E-state index is 0.596. The summed E-state index contributed by atoms with van der Waals surface area (Å²) in [4.78, 5) is 7.17. The van der Waals surface area contributed by atoms with Crippen LogP contribution in [0.4, 0.5) is 17.1 Å². The molecule has 0 unspecified atom stereocenters. The molecule has 0 radical (unpaired) electrons. The Morgan fingerprint density at radius 1 is 0.345 bits per heavy atom. The molecule has 11 rings (SSSR count). The van der Waals surface area contributed by atoms with Crippen molar-refractivity contribution >= 4 is 71.6 Å². The molecular weight excluding hydrogens is 673 g/mol. The fourth-order valence-electron chi connectivity index (χ4n) is 7.92. The first-order chi connectivity index (χ1) is 27.2. The average molecular weight is 705 g/mol. The first-order valence-electron chi connectivity index (χ1n) is 18.5. The van der Waals surface area contributed by atoms with Crippen molar-refractivity contribution in [2.24, 2.45) is 0 Å². The lowest BCUT2D eigenvalue weighted by molar-refractivity contribution is 0.617. The topological polar surface area (TPSA) is 42.4 Å². The molecule has 0 saturated carbocycles. The highest BCUT2D eigenvalue weighted by Gasteiger charge is 2.18. The normalized spacial score (nSPS) is 11.6. The fraction of sp³-hybridized carbons (Fsp3) is 0. The molecule has 0 spiro atoms. The summed E-state index contributed by atoms with van der Waals surface area (Å²) in [6, 6.07) is 68.4. The fourth-order valence-corrected chi connectivity index (χ4v) is 7.92. The van der Waals surface area contributed by atoms with Gasteiger partial charge in [-0.2, -0.15) is 0 Å². The third-order valence-electron chi connectivity index (χ3n) is 10.7. The van der Waals surface area contributed by atoms with E-state index in [4.69, 9.17) is 13.8 Å². The van der Waals surface area contributed by atoms with Crippen LogP contribution in [0.3, 0.4) is 0 Å². The van der Waals surface area contributed by atoms with E-state index in [1.54, 1.807) is 0 Å². The van der Waals surface area contributed by atoms with E-state index in [0.29, 0.717) is 11.5 Å². The van der Waals surface area contributed by atoms with Gasteiger partial charge in [-0.1, -0.05) is 121 Å². The SMILES string of the molecule is c1ccc(-c2nc3cc4c(cc3o2)oc2ccc(N(c3ccc(-c5ccc6ccccc6c5)cc3)c3ccc(-c5cccc6ccccc56)cc3)cc24)cc1. The molecule has 0 aliphatic heterocycles. The predicted molar refractivity (Wildman–Crippen MR) is 227 cm³/mol. The second kappa shape index (κ2) is 12.6. The monoisotopic (exact) mass is 704 g/mol. The number of oxazole rings is 1. The second-order valence-corrected chi connectivity index (χ2v) is 14.0. The molecule has 0 N–H and O–H groups in total. The maximum absolute atomic E-state index is 6.41. The Morgan fingerprint density at radius 2 is 1.00 bits per heavy atom. The van der Waals surface area contributed by atoms with E-state index in [9.17, 15) is 0 Å². The van der Waals surface area contributed by atoms with Crippen molar-refractivity contribution < 1.29 is 8.83 Å². The van der Waals surface area contributed by atoms with Gasteiger partial charge in [0.2, 0.25) is 5.89 Å². The Balaban J connectivity index is 1.03. The minimum atomic E-state index is 0.596. The summed E-state index contributed by atoms with van der Waals surface area (Å²) in [6.07, 6.45) is 0. The molecule has 0 aliphatic rings. The van der Waals surface area contributed by atoms with Crippen LogP contribution in [0.25, 0.3) is 88.3 Å². The largest absolute Gasteiger partial charge is 0.456 e. The van der Waals surface area contributed by atoms with Gasteiger partial charge in [0.05, 0.1) is 0 Å². The summed E-state index contributed by atoms with van der Waals surface area (Å²) in [5.74, 6) is 0.596. The zero-order valence-corrected chi connectivity index (χ0v) is 29.7. The van der Waals surface area contributed by atoms with Crippen molar-refractivity contribution in [2.45, 2.75) is 0 Å². The summed E-state index contributed by atoms with van der Waals surface area (Å²) in [5.41, 5.74) is 11.9. The number of fused-ring (bicyclic) bond motifs is 6. The van der Waals surface area contributed by atoms with Gasteiger partial charge in [-0.05, 0) is 111 Å². The minimum Gasteiger partial charge on any atom is -0.456 e. The van der Waals surface area contributed by atoms with Crippen molar-refractivity contribution in [3.05, 3.63) is 194 Å². The van der Waals surface area contributed by atoms with Crippen LogP contribution < -0.4 is 4.90 Å². The highest BCUT2D eigenvalue weighted by Crippen LogP contribution is 2.41. The standard InChI is InChI=1S/C51H32N2O2/c1-2-11-37(12-3-1)51-52-47-31-46-45-30-42(27-28-48(45)54-49(46)32-50(47)55-51)53(40-23-19-34(20-24-40)39-18-17-33-9-4-5-13-38(33)29-39)41-25-21-36(22-26-41)44-16-8-14-35-10-6-7-15-43(35)44/h1-32H. The Kier molecular flexibility index (Phi) is 7.14. The van der Waals surface area contributed by atoms with E-state index in [0.717, 1.165) is 50.1 Å². The average Bonchev–Trinajstić information content (AvgIpc) is 3.84. The Morgan fingerprint density at radius 3 is 1.82 bits per heavy atom. The lowest BCUT2D eigenvalue weighted by Crippen LogP contribution is -2.09. The van der Waals surface area contributed by atoms with Gasteiger partial charge in [0.25, 0.3) is 0 Å². The summed E-state index contributed by atoms with van der Waals surface area (Å²) < 4.78 is 12.6. The van der Waals surface area contributed by atoms with Gasteiger partial charge in [0.15, 0.2) is 5.58 Å². The highest BCUT2D eigenvalue weighted by molar-refractivity contribution is 6.10. The van der Waals surface area contributed by atoms with E-state index in [2.05, 4.69) is 163 Å². The molecule has 258 valence electrons. The van der Waals surface area contributed by atoms with Crippen molar-refractivity contribution in [1.29, 1.82) is 0 Å². The van der Waals surface area contributed by atoms with Crippen LogP contribution in [0.1, 0.15) is 0 Å². The molecule has 4 nitrogen and oxygen atoms in total. The van der Waals surface area contributed by atoms with Crippen LogP contribution in [0.15, 0.2) is 203 Å². The van der Waals surface area contributed by atoms with Gasteiger partial charge in [0, 0.05) is 39.5 Å². The Bertz CT molecular complexity index is 3190. The molecule has 0 amide bonds. The number of benzene rings is 9. The van der Waals surface area contributed by atoms with Gasteiger partial charge >= 0.3 is 0 Å². The molecular formula is C51H32N2O2. The Labute approximate surface area is 317 Å². The quantitative estimate of drug-likeness (QED) is 0.173. The van der Waals surface area contributed by atoms with Gasteiger partial charge < -0.3 is 13.7 Å². The van der Waals surface area contributed by atoms with Gasteiger partial charge in [-0.15, -0.1) is 0 Å². The van der Waals surface area contributed by atoms with Crippen molar-refractivity contribution in [2.75, 3.05) is 4.90 Å². The number of aromatic nitrogens is 1. The molecule has 55 heavy (non-hydrogen) atoms. The van der Waals surface area contributed by atoms with Crippen LogP contribution in [-0.4, -0.2) is 4.98 Å². The molecule has 0 bridgehead atoms. The van der Waals surface area contributed by atoms with Gasteiger partial charge in [-0.25, -0.2) is 4.98 Å². The maximum Gasteiger partial charge on any atom is 0.227 e. The van der Waals surface area contributed by atoms with Crippen molar-refractivity contribution in [1.82, 2.24) is 4.98 Å². The van der Waals surface area contributed by atoms with E-state index < -0.39 is 0 Å². The van der Waals surface area contributed by atoms with Gasteiger partial charge in [-0.3, -0.25) is 0 Å². The smallest absolute Gasteiger partial charge is 0.227 e. The summed E-state index contributed by atoms with van der Waals surface area (Å²) in [5, 5.41) is 6.96. The van der Waals surface area contributed by atoms with Crippen LogP contribution >= 0.6 is 0 Å². The molecule has 9 aromatic carbocycles. The number of anilines is 3. The van der Waals surface area contributed by atoms with Crippen LogP contribution in [0.5, 0.6) is 0 Å². The van der Waals surface area contributed by atoms with Crippen LogP contribution in [-0.2, 0) is 0 Å². The van der Waals surface area contributed by atoms with Crippen molar-refractivity contribution in [3.8, 4) is 33.7 Å². The molecule has 2 aromatic heterocycles. The van der Waals surface area contributed by atoms with Gasteiger partial charge in [0.1, 0.15) is 16.7 Å².